The van der Waals surface area contributed by atoms with E-state index in [2.05, 4.69) is 28.9 Å². The molecule has 2 nitrogen and oxygen atoms in total. The van der Waals surface area contributed by atoms with E-state index in [0.717, 1.165) is 12.8 Å². The molecule has 0 amide bonds. The Morgan fingerprint density at radius 3 is 2.90 bits per heavy atom. The largest absolute Gasteiger partial charge is 0.376 e. The lowest BCUT2D eigenvalue weighted by molar-refractivity contribution is 0.107. The van der Waals surface area contributed by atoms with E-state index < -0.39 is 4.32 Å². The molecule has 56 valence electrons. The molecule has 0 saturated carbocycles. The van der Waals surface area contributed by atoms with Crippen LogP contribution in [0.5, 0.6) is 0 Å². The van der Waals surface area contributed by atoms with Crippen molar-refractivity contribution >= 4 is 15.9 Å². The maximum Gasteiger partial charge on any atom is 0.138 e. The summed E-state index contributed by atoms with van der Waals surface area (Å²) >= 11 is 3.34. The fraction of sp³-hybridized carbons (Fsp3) is 0.857. The van der Waals surface area contributed by atoms with Crippen molar-refractivity contribution in [2.75, 3.05) is 6.61 Å². The third-order valence-electron chi connectivity index (χ3n) is 1.75. The fourth-order valence-corrected chi connectivity index (χ4v) is 1.56. The van der Waals surface area contributed by atoms with Gasteiger partial charge in [-0.1, -0.05) is 22.9 Å². The normalized spacial score (nSPS) is 39.5. The number of hydrogen-bond donors (Lipinski definition) is 0. The van der Waals surface area contributed by atoms with Gasteiger partial charge in [-0.25, -0.2) is 0 Å². The number of alkyl halides is 1. The second-order valence-corrected chi connectivity index (χ2v) is 4.14. The predicted molar refractivity (Wildman–Crippen MR) is 41.9 cm³/mol. The van der Waals surface area contributed by atoms with Crippen molar-refractivity contribution in [3.8, 4) is 6.07 Å². The summed E-state index contributed by atoms with van der Waals surface area (Å²) in [5, 5.41) is 8.66. The minimum atomic E-state index is -0.395. The first kappa shape index (κ1) is 8.03. The van der Waals surface area contributed by atoms with Crippen molar-refractivity contribution in [2.45, 2.75) is 30.2 Å². The summed E-state index contributed by atoms with van der Waals surface area (Å²) in [5.41, 5.74) is 0. The second kappa shape index (κ2) is 2.89. The summed E-state index contributed by atoms with van der Waals surface area (Å²) in [6.07, 6.45) is 2.09. The minimum Gasteiger partial charge on any atom is -0.376 e. The van der Waals surface area contributed by atoms with Gasteiger partial charge < -0.3 is 4.74 Å². The lowest BCUT2D eigenvalue weighted by Gasteiger charge is -2.06. The van der Waals surface area contributed by atoms with Crippen LogP contribution in [0.4, 0.5) is 0 Å². The molecular weight excluding hydrogens is 194 g/mol. The van der Waals surface area contributed by atoms with Crippen molar-refractivity contribution in [1.82, 2.24) is 0 Å². The van der Waals surface area contributed by atoms with Crippen molar-refractivity contribution < 1.29 is 4.74 Å². The van der Waals surface area contributed by atoms with Crippen LogP contribution in [-0.2, 0) is 4.74 Å². The van der Waals surface area contributed by atoms with Crippen LogP contribution in [0.1, 0.15) is 19.8 Å². The molecule has 0 aliphatic carbocycles. The first-order chi connectivity index (χ1) is 4.70. The fourth-order valence-electron chi connectivity index (χ4n) is 1.07. The first-order valence-corrected chi connectivity index (χ1v) is 4.21. The average Bonchev–Trinajstić information content (AvgIpc) is 2.33. The van der Waals surface area contributed by atoms with E-state index in [4.69, 9.17) is 10.00 Å². The molecule has 0 N–H and O–H groups in total. The van der Waals surface area contributed by atoms with E-state index in [-0.39, 0.29) is 6.10 Å². The molecule has 2 unspecified atom stereocenters. The van der Waals surface area contributed by atoms with E-state index in [9.17, 15) is 0 Å². The summed E-state index contributed by atoms with van der Waals surface area (Å²) in [7, 11) is 0. The molecule has 0 spiro atoms. The molecular formula is C7H10BrNO. The lowest BCUT2D eigenvalue weighted by atomic mass is 10.1. The Bertz CT molecular complexity index is 165. The van der Waals surface area contributed by atoms with E-state index in [0.29, 0.717) is 6.61 Å². The van der Waals surface area contributed by atoms with Gasteiger partial charge >= 0.3 is 0 Å². The molecule has 0 bridgehead atoms. The highest BCUT2D eigenvalue weighted by Gasteiger charge is 2.37. The molecule has 1 fully saturated rings. The molecule has 1 saturated heterocycles. The van der Waals surface area contributed by atoms with Gasteiger partial charge in [-0.3, -0.25) is 0 Å². The predicted octanol–water partition coefficient (Wildman–Crippen LogP) is 1.84. The molecule has 0 radical (unpaired) electrons. The van der Waals surface area contributed by atoms with Gasteiger partial charge in [0.15, 0.2) is 0 Å². The number of nitriles is 1. The van der Waals surface area contributed by atoms with Crippen LogP contribution in [0.3, 0.4) is 0 Å². The third kappa shape index (κ3) is 1.50. The van der Waals surface area contributed by atoms with Gasteiger partial charge in [0.05, 0.1) is 18.8 Å². The zero-order valence-corrected chi connectivity index (χ0v) is 7.52. The highest BCUT2D eigenvalue weighted by Crippen LogP contribution is 2.32. The van der Waals surface area contributed by atoms with Gasteiger partial charge in [-0.2, -0.15) is 5.26 Å². The number of rotatable bonds is 1. The molecule has 0 aromatic rings. The summed E-state index contributed by atoms with van der Waals surface area (Å²) in [6, 6.07) is 2.20. The van der Waals surface area contributed by atoms with Gasteiger partial charge in [0.2, 0.25) is 0 Å². The Kier molecular flexibility index (Phi) is 2.32. The van der Waals surface area contributed by atoms with Crippen molar-refractivity contribution in [3.05, 3.63) is 0 Å². The zero-order chi connectivity index (χ0) is 7.61. The lowest BCUT2D eigenvalue weighted by Crippen LogP contribution is -2.17. The number of hydrogen-bond acceptors (Lipinski definition) is 2. The standard InChI is InChI=1S/C7H10BrNO/c1-2-6-3-7(8,4-9)5-10-6/h6H,2-3,5H2,1H3. The highest BCUT2D eigenvalue weighted by atomic mass is 79.9. The molecule has 2 atom stereocenters. The quantitative estimate of drug-likeness (QED) is 0.610. The van der Waals surface area contributed by atoms with E-state index in [1.54, 1.807) is 0 Å². The van der Waals surface area contributed by atoms with Crippen LogP contribution < -0.4 is 0 Å². The van der Waals surface area contributed by atoms with Gasteiger partial charge in [0, 0.05) is 6.42 Å². The summed E-state index contributed by atoms with van der Waals surface area (Å²) < 4.78 is 4.94. The summed E-state index contributed by atoms with van der Waals surface area (Å²) in [4.78, 5) is 0. The van der Waals surface area contributed by atoms with Crippen LogP contribution in [0.2, 0.25) is 0 Å². The van der Waals surface area contributed by atoms with E-state index >= 15 is 0 Å². The van der Waals surface area contributed by atoms with Crippen LogP contribution in [0, 0.1) is 11.3 Å². The number of nitrogens with zero attached hydrogens (tertiary/aromatic N) is 1. The van der Waals surface area contributed by atoms with Crippen molar-refractivity contribution in [3.63, 3.8) is 0 Å². The molecule has 10 heavy (non-hydrogen) atoms. The molecule has 0 aromatic carbocycles. The second-order valence-electron chi connectivity index (χ2n) is 2.62. The zero-order valence-electron chi connectivity index (χ0n) is 5.93. The summed E-state index contributed by atoms with van der Waals surface area (Å²) in [6.45, 7) is 2.60. The molecule has 3 heteroatoms. The Morgan fingerprint density at radius 1 is 1.90 bits per heavy atom. The van der Waals surface area contributed by atoms with Gasteiger partial charge in [0.25, 0.3) is 0 Å². The average molecular weight is 204 g/mol. The highest BCUT2D eigenvalue weighted by molar-refractivity contribution is 9.10. The van der Waals surface area contributed by atoms with Crippen molar-refractivity contribution in [2.24, 2.45) is 0 Å². The van der Waals surface area contributed by atoms with Crippen LogP contribution in [0.15, 0.2) is 0 Å². The van der Waals surface area contributed by atoms with Gasteiger partial charge in [-0.15, -0.1) is 0 Å². The topological polar surface area (TPSA) is 33.0 Å². The SMILES string of the molecule is CCC1CC(Br)(C#N)CO1. The Morgan fingerprint density at radius 2 is 2.60 bits per heavy atom. The molecule has 1 heterocycles. The van der Waals surface area contributed by atoms with Crippen LogP contribution in [-0.4, -0.2) is 17.0 Å². The Hall–Kier alpha value is -0.0700. The molecule has 0 aromatic heterocycles. The van der Waals surface area contributed by atoms with Gasteiger partial charge in [0.1, 0.15) is 4.32 Å². The maximum atomic E-state index is 8.66. The van der Waals surface area contributed by atoms with E-state index in [1.165, 1.54) is 0 Å². The van der Waals surface area contributed by atoms with Gasteiger partial charge in [-0.05, 0) is 6.42 Å². The first-order valence-electron chi connectivity index (χ1n) is 3.42. The maximum absolute atomic E-state index is 8.66. The molecule has 1 rings (SSSR count). The van der Waals surface area contributed by atoms with Crippen LogP contribution in [0.25, 0.3) is 0 Å². The molecule has 1 aliphatic rings. The minimum absolute atomic E-state index is 0.277. The Labute approximate surface area is 69.3 Å². The monoisotopic (exact) mass is 203 g/mol. The van der Waals surface area contributed by atoms with Crippen LogP contribution >= 0.6 is 15.9 Å². The third-order valence-corrected chi connectivity index (χ3v) is 2.48. The smallest absolute Gasteiger partial charge is 0.138 e. The Balaban J connectivity index is 2.51. The number of halogens is 1. The molecule has 1 aliphatic heterocycles. The number of ether oxygens (including phenoxy) is 1. The van der Waals surface area contributed by atoms with Crippen molar-refractivity contribution in [1.29, 1.82) is 5.26 Å². The summed E-state index contributed by atoms with van der Waals surface area (Å²) in [5.74, 6) is 0. The van der Waals surface area contributed by atoms with E-state index in [1.807, 2.05) is 0 Å².